The molecule has 2 unspecified atom stereocenters. The summed E-state index contributed by atoms with van der Waals surface area (Å²) in [6, 6.07) is 18.1. The molecule has 5 rings (SSSR count). The molecule has 226 valence electrons. The number of rotatable bonds is 7. The zero-order chi connectivity index (χ0) is 31.0. The third-order valence-electron chi connectivity index (χ3n) is 8.21. The molecule has 2 atom stereocenters. The molecule has 11 heteroatoms. The number of benzene rings is 3. The molecule has 5 nitrogen and oxygen atoms in total. The number of nitrogens with one attached hydrogen (secondary N) is 2. The molecule has 1 aliphatic rings. The van der Waals surface area contributed by atoms with Gasteiger partial charge in [-0.2, -0.15) is 31.4 Å². The van der Waals surface area contributed by atoms with Gasteiger partial charge in [-0.15, -0.1) is 0 Å². The normalized spacial score (nSPS) is 17.2. The van der Waals surface area contributed by atoms with Crippen LogP contribution in [0.1, 0.15) is 72.2 Å². The number of carbonyl (C=O) groups excluding carboxylic acids is 1. The molecular weight excluding hydrogens is 570 g/mol. The van der Waals surface area contributed by atoms with Crippen LogP contribution in [0, 0.1) is 0 Å². The first-order valence-corrected chi connectivity index (χ1v) is 13.9. The third-order valence-corrected chi connectivity index (χ3v) is 8.21. The quantitative estimate of drug-likeness (QED) is 0.209. The van der Waals surface area contributed by atoms with Crippen LogP contribution in [0.3, 0.4) is 0 Å². The van der Waals surface area contributed by atoms with Gasteiger partial charge in [-0.25, -0.2) is 4.68 Å². The van der Waals surface area contributed by atoms with E-state index in [0.29, 0.717) is 35.1 Å². The number of alkyl halides is 6. The molecular formula is C32H30F6N4O. The van der Waals surface area contributed by atoms with Gasteiger partial charge in [0.2, 0.25) is 0 Å². The van der Waals surface area contributed by atoms with E-state index in [4.69, 9.17) is 0 Å². The molecule has 2 N–H and O–H groups in total. The minimum atomic E-state index is -4.58. The number of carbonyl (C=O) groups is 1. The monoisotopic (exact) mass is 600 g/mol. The number of fused-ring (bicyclic) bond motifs is 1. The molecule has 3 aromatic carbocycles. The van der Waals surface area contributed by atoms with Gasteiger partial charge in [-0.1, -0.05) is 74.5 Å². The molecule has 0 saturated carbocycles. The van der Waals surface area contributed by atoms with Gasteiger partial charge in [0.15, 0.2) is 6.04 Å². The topological polar surface area (TPSA) is 59.0 Å². The minimum absolute atomic E-state index is 0.0138. The molecule has 0 fully saturated rings. The van der Waals surface area contributed by atoms with E-state index in [1.54, 1.807) is 42.5 Å². The van der Waals surface area contributed by atoms with Crippen LogP contribution in [0.25, 0.3) is 11.1 Å². The highest BCUT2D eigenvalue weighted by molar-refractivity contribution is 5.99. The number of anilines is 1. The lowest BCUT2D eigenvalue weighted by Crippen LogP contribution is -2.45. The van der Waals surface area contributed by atoms with E-state index < -0.39 is 41.4 Å². The average Bonchev–Trinajstić information content (AvgIpc) is 3.43. The van der Waals surface area contributed by atoms with Crippen LogP contribution >= 0.6 is 0 Å². The molecule has 0 saturated heterocycles. The summed E-state index contributed by atoms with van der Waals surface area (Å²) >= 11 is 0. The Bertz CT molecular complexity index is 1570. The molecule has 4 aromatic rings. The lowest BCUT2D eigenvalue weighted by molar-refractivity contribution is -0.173. The lowest BCUT2D eigenvalue weighted by Gasteiger charge is -2.35. The summed E-state index contributed by atoms with van der Waals surface area (Å²) in [5.41, 5.74) is 0.929. The Labute approximate surface area is 244 Å². The summed E-state index contributed by atoms with van der Waals surface area (Å²) in [5, 5.41) is 10.1. The van der Waals surface area contributed by atoms with Crippen LogP contribution in [-0.4, -0.2) is 21.9 Å². The molecule has 1 amide bonds. The van der Waals surface area contributed by atoms with E-state index in [1.807, 2.05) is 26.0 Å². The van der Waals surface area contributed by atoms with Crippen molar-refractivity contribution in [2.45, 2.75) is 63.1 Å². The Morgan fingerprint density at radius 2 is 1.56 bits per heavy atom. The molecule has 43 heavy (non-hydrogen) atoms. The molecule has 0 spiro atoms. The van der Waals surface area contributed by atoms with E-state index >= 15 is 0 Å². The van der Waals surface area contributed by atoms with Crippen LogP contribution in [0.5, 0.6) is 0 Å². The number of hydrogen-bond acceptors (Lipinski definition) is 3. The highest BCUT2D eigenvalue weighted by Gasteiger charge is 2.47. The van der Waals surface area contributed by atoms with E-state index in [-0.39, 0.29) is 17.8 Å². The summed E-state index contributed by atoms with van der Waals surface area (Å²) in [5.74, 6) is -0.605. The van der Waals surface area contributed by atoms with Crippen molar-refractivity contribution in [2.24, 2.45) is 0 Å². The van der Waals surface area contributed by atoms with E-state index in [2.05, 4.69) is 15.7 Å². The summed E-state index contributed by atoms with van der Waals surface area (Å²) in [4.78, 5) is 13.8. The van der Waals surface area contributed by atoms with Crippen LogP contribution in [0.15, 0.2) is 85.1 Å². The van der Waals surface area contributed by atoms with Crippen LogP contribution < -0.4 is 10.6 Å². The number of amides is 1. The van der Waals surface area contributed by atoms with Crippen LogP contribution in [-0.2, 0) is 11.7 Å². The largest absolute Gasteiger partial charge is 0.416 e. The van der Waals surface area contributed by atoms with Gasteiger partial charge in [0.25, 0.3) is 5.91 Å². The van der Waals surface area contributed by atoms with Crippen molar-refractivity contribution in [3.05, 3.63) is 107 Å². The summed E-state index contributed by atoms with van der Waals surface area (Å²) < 4.78 is 82.4. The second-order valence-electron chi connectivity index (χ2n) is 10.7. The van der Waals surface area contributed by atoms with Crippen molar-refractivity contribution in [1.82, 2.24) is 15.1 Å². The fourth-order valence-corrected chi connectivity index (χ4v) is 5.67. The molecule has 1 aliphatic heterocycles. The van der Waals surface area contributed by atoms with Crippen molar-refractivity contribution >= 4 is 11.7 Å². The highest BCUT2D eigenvalue weighted by atomic mass is 19.4. The van der Waals surface area contributed by atoms with Gasteiger partial charge < -0.3 is 10.6 Å². The predicted octanol–water partition coefficient (Wildman–Crippen LogP) is 8.67. The first-order chi connectivity index (χ1) is 20.4. The maximum atomic E-state index is 14.1. The average molecular weight is 601 g/mol. The second kappa shape index (κ2) is 11.4. The molecule has 0 radical (unpaired) electrons. The number of hydrogen-bond donors (Lipinski definition) is 2. The Hall–Kier alpha value is -4.28. The molecule has 0 aliphatic carbocycles. The fraction of sp³-hybridized carbons (Fsp3) is 0.312. The van der Waals surface area contributed by atoms with Crippen molar-refractivity contribution in [1.29, 1.82) is 0 Å². The Balaban J connectivity index is 1.47. The number of aromatic nitrogens is 2. The Kier molecular flexibility index (Phi) is 8.02. The first-order valence-electron chi connectivity index (χ1n) is 13.9. The minimum Gasteiger partial charge on any atom is -0.363 e. The maximum Gasteiger partial charge on any atom is 0.416 e. The fourth-order valence-electron chi connectivity index (χ4n) is 5.67. The van der Waals surface area contributed by atoms with Gasteiger partial charge in [0, 0.05) is 6.42 Å². The lowest BCUT2D eigenvalue weighted by atomic mass is 9.83. The van der Waals surface area contributed by atoms with Crippen LogP contribution in [0.2, 0.25) is 0 Å². The smallest absolute Gasteiger partial charge is 0.363 e. The number of halogens is 6. The maximum absolute atomic E-state index is 14.1. The molecule has 0 bridgehead atoms. The zero-order valence-electron chi connectivity index (χ0n) is 23.4. The molecule has 2 heterocycles. The van der Waals surface area contributed by atoms with Gasteiger partial charge in [-0.3, -0.25) is 4.79 Å². The van der Waals surface area contributed by atoms with Gasteiger partial charge in [0.05, 0.1) is 23.3 Å². The summed E-state index contributed by atoms with van der Waals surface area (Å²) in [7, 11) is 0. The van der Waals surface area contributed by atoms with Gasteiger partial charge in [0.1, 0.15) is 11.4 Å². The summed E-state index contributed by atoms with van der Waals surface area (Å²) in [6.45, 7) is 3.76. The highest BCUT2D eigenvalue weighted by Crippen LogP contribution is 2.44. The Morgan fingerprint density at radius 1 is 0.884 bits per heavy atom. The number of nitrogens with zero attached hydrogens (tertiary/aromatic N) is 2. The van der Waals surface area contributed by atoms with E-state index in [0.717, 1.165) is 23.0 Å². The van der Waals surface area contributed by atoms with Crippen molar-refractivity contribution < 1.29 is 31.1 Å². The van der Waals surface area contributed by atoms with Crippen molar-refractivity contribution in [3.63, 3.8) is 0 Å². The standard InChI is InChI=1S/C32H30F6N4O/c1-3-30(4-2,24-12-8-11-22(17-24)20-13-15-23(16-14-20)31(33,34)35)41-29(43)25-19-39-42-27(32(36,37)38)18-26(40-28(25)42)21-9-6-5-7-10-21/h5-17,19,26-27,40H,3-4,18H2,1-2H3,(H,41,43). The Morgan fingerprint density at radius 3 is 2.16 bits per heavy atom. The van der Waals surface area contributed by atoms with Crippen molar-refractivity contribution in [2.75, 3.05) is 5.32 Å². The van der Waals surface area contributed by atoms with E-state index in [9.17, 15) is 31.1 Å². The van der Waals surface area contributed by atoms with Crippen molar-refractivity contribution in [3.8, 4) is 11.1 Å². The van der Waals surface area contributed by atoms with E-state index in [1.165, 1.54) is 12.1 Å². The predicted molar refractivity (Wildman–Crippen MR) is 151 cm³/mol. The first kappa shape index (κ1) is 30.2. The SMILES string of the molecule is CCC(CC)(NC(=O)c1cnn2c1NC(c1ccccc1)CC2C(F)(F)F)c1cccc(-c2ccc(C(F)(F)F)cc2)c1. The van der Waals surface area contributed by atoms with Gasteiger partial charge >= 0.3 is 12.4 Å². The third kappa shape index (κ3) is 5.98. The van der Waals surface area contributed by atoms with Crippen LogP contribution in [0.4, 0.5) is 32.2 Å². The molecule has 1 aromatic heterocycles. The second-order valence-corrected chi connectivity index (χ2v) is 10.7. The zero-order valence-corrected chi connectivity index (χ0v) is 23.4. The summed E-state index contributed by atoms with van der Waals surface area (Å²) in [6.07, 6.45) is -7.28. The van der Waals surface area contributed by atoms with Gasteiger partial charge in [-0.05, 0) is 53.3 Å².